The largest absolute Gasteiger partial charge is 0.491 e. The van der Waals surface area contributed by atoms with Crippen molar-refractivity contribution < 1.29 is 14.8 Å². The van der Waals surface area contributed by atoms with E-state index in [-0.39, 0.29) is 18.4 Å². The van der Waals surface area contributed by atoms with E-state index in [1.165, 1.54) is 12.1 Å². The predicted octanol–water partition coefficient (Wildman–Crippen LogP) is 2.59. The number of aliphatic hydroxyl groups is 1. The molecule has 0 radical (unpaired) electrons. The monoisotopic (exact) mass is 282 g/mol. The molecule has 0 fully saturated rings. The summed E-state index contributed by atoms with van der Waals surface area (Å²) >= 11 is 0. The standard InChI is InChI=1S/C14H22N2O4/c1-4-15(6-5-7-17)12-8-13(16(18)19)10-14(9-12)20-11(2)3/h8-11,17H,4-7H2,1-3H3. The minimum Gasteiger partial charge on any atom is -0.491 e. The molecule has 0 saturated heterocycles. The predicted molar refractivity (Wildman–Crippen MR) is 78.5 cm³/mol. The van der Waals surface area contributed by atoms with Gasteiger partial charge in [0, 0.05) is 37.5 Å². The van der Waals surface area contributed by atoms with Crippen molar-refractivity contribution in [1.29, 1.82) is 0 Å². The Morgan fingerprint density at radius 1 is 1.40 bits per heavy atom. The summed E-state index contributed by atoms with van der Waals surface area (Å²) in [7, 11) is 0. The zero-order valence-corrected chi connectivity index (χ0v) is 12.2. The maximum Gasteiger partial charge on any atom is 0.275 e. The lowest BCUT2D eigenvalue weighted by Crippen LogP contribution is -2.24. The Morgan fingerprint density at radius 2 is 2.10 bits per heavy atom. The minimum atomic E-state index is -0.420. The van der Waals surface area contributed by atoms with Gasteiger partial charge < -0.3 is 14.7 Å². The van der Waals surface area contributed by atoms with Crippen LogP contribution in [0.4, 0.5) is 11.4 Å². The average molecular weight is 282 g/mol. The summed E-state index contributed by atoms with van der Waals surface area (Å²) in [5.41, 5.74) is 0.756. The van der Waals surface area contributed by atoms with E-state index in [1.807, 2.05) is 25.7 Å². The third-order valence-electron chi connectivity index (χ3n) is 2.79. The highest BCUT2D eigenvalue weighted by Gasteiger charge is 2.14. The molecular formula is C14H22N2O4. The number of nitro benzene ring substituents is 1. The molecule has 0 atom stereocenters. The summed E-state index contributed by atoms with van der Waals surface area (Å²) in [5, 5.41) is 19.9. The van der Waals surface area contributed by atoms with Crippen LogP contribution < -0.4 is 9.64 Å². The van der Waals surface area contributed by atoms with Crippen LogP contribution in [0, 0.1) is 10.1 Å². The van der Waals surface area contributed by atoms with Crippen LogP contribution in [0.1, 0.15) is 27.2 Å². The van der Waals surface area contributed by atoms with Gasteiger partial charge in [0.1, 0.15) is 5.75 Å². The molecule has 0 saturated carbocycles. The molecule has 0 amide bonds. The molecule has 0 heterocycles. The van der Waals surface area contributed by atoms with Gasteiger partial charge in [0.05, 0.1) is 17.1 Å². The van der Waals surface area contributed by atoms with Crippen molar-refractivity contribution in [3.63, 3.8) is 0 Å². The SMILES string of the molecule is CCN(CCCO)c1cc(OC(C)C)cc([N+](=O)[O-])c1. The van der Waals surface area contributed by atoms with Crippen LogP contribution in [0.5, 0.6) is 5.75 Å². The molecule has 1 aromatic rings. The van der Waals surface area contributed by atoms with Crippen LogP contribution >= 0.6 is 0 Å². The number of nitro groups is 1. The number of ether oxygens (including phenoxy) is 1. The van der Waals surface area contributed by atoms with Gasteiger partial charge in [-0.3, -0.25) is 10.1 Å². The smallest absolute Gasteiger partial charge is 0.275 e. The van der Waals surface area contributed by atoms with Crippen molar-refractivity contribution in [2.75, 3.05) is 24.6 Å². The summed E-state index contributed by atoms with van der Waals surface area (Å²) in [6.07, 6.45) is 0.578. The molecule has 0 aliphatic carbocycles. The molecule has 0 spiro atoms. The fourth-order valence-electron chi connectivity index (χ4n) is 1.93. The zero-order chi connectivity index (χ0) is 15.1. The Kier molecular flexibility index (Phi) is 6.24. The van der Waals surface area contributed by atoms with Gasteiger partial charge in [-0.05, 0) is 27.2 Å². The van der Waals surface area contributed by atoms with Gasteiger partial charge in [0.25, 0.3) is 5.69 Å². The van der Waals surface area contributed by atoms with Crippen LogP contribution in [0.3, 0.4) is 0 Å². The van der Waals surface area contributed by atoms with Crippen LogP contribution in [0.2, 0.25) is 0 Å². The number of non-ortho nitro benzene ring substituents is 1. The molecule has 20 heavy (non-hydrogen) atoms. The first kappa shape index (κ1) is 16.2. The normalized spacial score (nSPS) is 10.7. The van der Waals surface area contributed by atoms with Gasteiger partial charge in [0.2, 0.25) is 0 Å². The summed E-state index contributed by atoms with van der Waals surface area (Å²) in [6.45, 7) is 7.18. The first-order valence-corrected chi connectivity index (χ1v) is 6.79. The topological polar surface area (TPSA) is 75.8 Å². The molecule has 0 aliphatic rings. The quantitative estimate of drug-likeness (QED) is 0.586. The first-order chi connectivity index (χ1) is 9.47. The second-order valence-corrected chi connectivity index (χ2v) is 4.77. The maximum absolute atomic E-state index is 11.0. The van der Waals surface area contributed by atoms with Gasteiger partial charge in [-0.15, -0.1) is 0 Å². The van der Waals surface area contributed by atoms with Gasteiger partial charge in [-0.1, -0.05) is 0 Å². The highest BCUT2D eigenvalue weighted by Crippen LogP contribution is 2.29. The third-order valence-corrected chi connectivity index (χ3v) is 2.79. The van der Waals surface area contributed by atoms with E-state index in [1.54, 1.807) is 6.07 Å². The van der Waals surface area contributed by atoms with Crippen molar-refractivity contribution in [3.05, 3.63) is 28.3 Å². The number of hydrogen-bond donors (Lipinski definition) is 1. The number of anilines is 1. The molecule has 6 nitrogen and oxygen atoms in total. The Bertz CT molecular complexity index is 449. The minimum absolute atomic E-state index is 0.0144. The van der Waals surface area contributed by atoms with Gasteiger partial charge in [0.15, 0.2) is 0 Å². The molecular weight excluding hydrogens is 260 g/mol. The van der Waals surface area contributed by atoms with E-state index in [0.717, 1.165) is 5.69 Å². The number of nitrogens with zero attached hydrogens (tertiary/aromatic N) is 2. The number of aliphatic hydroxyl groups excluding tert-OH is 1. The lowest BCUT2D eigenvalue weighted by Gasteiger charge is -2.23. The Hall–Kier alpha value is -1.82. The fourth-order valence-corrected chi connectivity index (χ4v) is 1.93. The molecule has 1 rings (SSSR count). The van der Waals surface area contributed by atoms with Gasteiger partial charge >= 0.3 is 0 Å². The van der Waals surface area contributed by atoms with Crippen molar-refractivity contribution in [1.82, 2.24) is 0 Å². The van der Waals surface area contributed by atoms with E-state index in [4.69, 9.17) is 9.84 Å². The molecule has 0 aliphatic heterocycles. The van der Waals surface area contributed by atoms with Crippen LogP contribution in [-0.4, -0.2) is 35.8 Å². The molecule has 6 heteroatoms. The molecule has 0 aromatic heterocycles. The van der Waals surface area contributed by atoms with E-state index < -0.39 is 4.92 Å². The lowest BCUT2D eigenvalue weighted by molar-refractivity contribution is -0.384. The second-order valence-electron chi connectivity index (χ2n) is 4.77. The number of benzene rings is 1. The molecule has 1 N–H and O–H groups in total. The Labute approximate surface area is 119 Å². The van der Waals surface area contributed by atoms with Crippen molar-refractivity contribution >= 4 is 11.4 Å². The third kappa shape index (κ3) is 4.70. The number of hydrogen-bond acceptors (Lipinski definition) is 5. The summed E-state index contributed by atoms with van der Waals surface area (Å²) in [5.74, 6) is 0.492. The highest BCUT2D eigenvalue weighted by molar-refractivity contribution is 5.58. The van der Waals surface area contributed by atoms with Crippen LogP contribution in [0.25, 0.3) is 0 Å². The molecule has 1 aromatic carbocycles. The summed E-state index contributed by atoms with van der Waals surface area (Å²) in [6, 6.07) is 4.77. The van der Waals surface area contributed by atoms with Crippen molar-refractivity contribution in [2.24, 2.45) is 0 Å². The second kappa shape index (κ2) is 7.69. The van der Waals surface area contributed by atoms with Crippen molar-refractivity contribution in [2.45, 2.75) is 33.3 Å². The van der Waals surface area contributed by atoms with Crippen LogP contribution in [0.15, 0.2) is 18.2 Å². The summed E-state index contributed by atoms with van der Waals surface area (Å²) in [4.78, 5) is 12.6. The van der Waals surface area contributed by atoms with E-state index >= 15 is 0 Å². The molecule has 0 unspecified atom stereocenters. The summed E-state index contributed by atoms with van der Waals surface area (Å²) < 4.78 is 5.56. The maximum atomic E-state index is 11.0. The first-order valence-electron chi connectivity index (χ1n) is 6.79. The Morgan fingerprint density at radius 3 is 2.60 bits per heavy atom. The van der Waals surface area contributed by atoms with E-state index in [2.05, 4.69) is 0 Å². The average Bonchev–Trinajstić information content (AvgIpc) is 2.38. The number of rotatable bonds is 8. The van der Waals surface area contributed by atoms with E-state index in [0.29, 0.717) is 25.3 Å². The van der Waals surface area contributed by atoms with Crippen LogP contribution in [-0.2, 0) is 0 Å². The van der Waals surface area contributed by atoms with Gasteiger partial charge in [-0.25, -0.2) is 0 Å². The molecule has 112 valence electrons. The Balaban J connectivity index is 3.09. The highest BCUT2D eigenvalue weighted by atomic mass is 16.6. The van der Waals surface area contributed by atoms with E-state index in [9.17, 15) is 10.1 Å². The zero-order valence-electron chi connectivity index (χ0n) is 12.2. The molecule has 0 bridgehead atoms. The van der Waals surface area contributed by atoms with Gasteiger partial charge in [-0.2, -0.15) is 0 Å². The fraction of sp³-hybridized carbons (Fsp3) is 0.571. The lowest BCUT2D eigenvalue weighted by atomic mass is 10.2. The van der Waals surface area contributed by atoms with Crippen molar-refractivity contribution in [3.8, 4) is 5.75 Å².